The van der Waals surface area contributed by atoms with Crippen LogP contribution in [-0.2, 0) is 11.3 Å². The molecule has 0 bridgehead atoms. The van der Waals surface area contributed by atoms with Crippen molar-refractivity contribution in [1.82, 2.24) is 4.90 Å². The van der Waals surface area contributed by atoms with Gasteiger partial charge in [-0.1, -0.05) is 6.07 Å². The molecule has 0 radical (unpaired) electrons. The Kier molecular flexibility index (Phi) is 4.81. The molecule has 1 N–H and O–H groups in total. The van der Waals surface area contributed by atoms with Crippen LogP contribution in [-0.4, -0.2) is 24.4 Å². The van der Waals surface area contributed by atoms with Gasteiger partial charge in [0.15, 0.2) is 0 Å². The Labute approximate surface area is 125 Å². The number of likely N-dealkylation sites (N-methyl/N-ethyl adjacent to an activating group) is 1. The molecule has 0 aliphatic carbocycles. The van der Waals surface area contributed by atoms with Crippen molar-refractivity contribution in [2.45, 2.75) is 27.3 Å². The topological polar surface area (TPSA) is 45.5 Å². The third kappa shape index (κ3) is 4.76. The normalized spacial score (nSPS) is 10.9. The molecule has 4 heteroatoms. The summed E-state index contributed by atoms with van der Waals surface area (Å²) in [6, 6.07) is 9.90. The number of hydrogen-bond donors (Lipinski definition) is 1. The molecule has 112 valence electrons. The van der Waals surface area contributed by atoms with E-state index in [1.54, 1.807) is 0 Å². The lowest BCUT2D eigenvalue weighted by Gasteiger charge is -2.15. The summed E-state index contributed by atoms with van der Waals surface area (Å²) in [7, 11) is 1.90. The molecule has 1 heterocycles. The minimum Gasteiger partial charge on any atom is -0.465 e. The number of furan rings is 1. The lowest BCUT2D eigenvalue weighted by Crippen LogP contribution is -2.29. The van der Waals surface area contributed by atoms with Crippen LogP contribution in [0.15, 0.2) is 34.7 Å². The third-order valence-corrected chi connectivity index (χ3v) is 3.14. The lowest BCUT2D eigenvalue weighted by molar-refractivity contribution is -0.117. The molecule has 0 spiro atoms. The summed E-state index contributed by atoms with van der Waals surface area (Å²) >= 11 is 0. The van der Waals surface area contributed by atoms with Crippen LogP contribution in [0.1, 0.15) is 22.6 Å². The molecule has 2 aromatic rings. The van der Waals surface area contributed by atoms with Gasteiger partial charge < -0.3 is 9.73 Å². The number of aryl methyl sites for hydroxylation is 3. The van der Waals surface area contributed by atoms with Crippen molar-refractivity contribution < 1.29 is 9.21 Å². The molecular formula is C17H22N2O2. The van der Waals surface area contributed by atoms with E-state index in [9.17, 15) is 4.79 Å². The molecule has 4 nitrogen and oxygen atoms in total. The van der Waals surface area contributed by atoms with Crippen molar-refractivity contribution in [3.05, 3.63) is 53.0 Å². The summed E-state index contributed by atoms with van der Waals surface area (Å²) in [6.45, 7) is 6.90. The molecule has 0 saturated carbocycles. The van der Waals surface area contributed by atoms with Gasteiger partial charge >= 0.3 is 0 Å². The SMILES string of the molecule is Cc1cc(C)cc(NC(=O)CN(C)Cc2ccc(C)o2)c1. The van der Waals surface area contributed by atoms with Crippen molar-refractivity contribution >= 4 is 11.6 Å². The van der Waals surface area contributed by atoms with E-state index in [4.69, 9.17) is 4.42 Å². The monoisotopic (exact) mass is 286 g/mol. The van der Waals surface area contributed by atoms with Gasteiger partial charge in [0, 0.05) is 5.69 Å². The molecule has 0 atom stereocenters. The number of anilines is 1. The molecule has 0 saturated heterocycles. The molecule has 0 fully saturated rings. The molecule has 21 heavy (non-hydrogen) atoms. The van der Waals surface area contributed by atoms with E-state index in [0.29, 0.717) is 13.1 Å². The Balaban J connectivity index is 1.88. The van der Waals surface area contributed by atoms with E-state index in [0.717, 1.165) is 28.3 Å². The van der Waals surface area contributed by atoms with Gasteiger partial charge in [0.2, 0.25) is 5.91 Å². The highest BCUT2D eigenvalue weighted by Gasteiger charge is 2.09. The Morgan fingerprint density at radius 2 is 1.81 bits per heavy atom. The van der Waals surface area contributed by atoms with Crippen molar-refractivity contribution in [2.75, 3.05) is 18.9 Å². The quantitative estimate of drug-likeness (QED) is 0.917. The zero-order chi connectivity index (χ0) is 15.4. The van der Waals surface area contributed by atoms with Crippen LogP contribution in [0.5, 0.6) is 0 Å². The van der Waals surface area contributed by atoms with Gasteiger partial charge in [-0.3, -0.25) is 9.69 Å². The highest BCUT2D eigenvalue weighted by molar-refractivity contribution is 5.92. The molecule has 1 aromatic heterocycles. The smallest absolute Gasteiger partial charge is 0.238 e. The highest BCUT2D eigenvalue weighted by Crippen LogP contribution is 2.14. The van der Waals surface area contributed by atoms with Crippen LogP contribution in [0.25, 0.3) is 0 Å². The van der Waals surface area contributed by atoms with Crippen molar-refractivity contribution in [3.63, 3.8) is 0 Å². The van der Waals surface area contributed by atoms with Crippen LogP contribution in [0, 0.1) is 20.8 Å². The summed E-state index contributed by atoms with van der Waals surface area (Å²) < 4.78 is 5.51. The lowest BCUT2D eigenvalue weighted by atomic mass is 10.1. The summed E-state index contributed by atoms with van der Waals surface area (Å²) in [6.07, 6.45) is 0. The average molecular weight is 286 g/mol. The van der Waals surface area contributed by atoms with Crippen molar-refractivity contribution in [3.8, 4) is 0 Å². The number of carbonyl (C=O) groups is 1. The first kappa shape index (κ1) is 15.3. The number of nitrogens with zero attached hydrogens (tertiary/aromatic N) is 1. The van der Waals surface area contributed by atoms with E-state index in [2.05, 4.69) is 11.4 Å². The Morgan fingerprint density at radius 3 is 2.38 bits per heavy atom. The maximum absolute atomic E-state index is 12.1. The minimum absolute atomic E-state index is 0.0224. The third-order valence-electron chi connectivity index (χ3n) is 3.14. The maximum Gasteiger partial charge on any atom is 0.238 e. The largest absolute Gasteiger partial charge is 0.465 e. The van der Waals surface area contributed by atoms with Gasteiger partial charge in [-0.05, 0) is 63.2 Å². The zero-order valence-electron chi connectivity index (χ0n) is 13.1. The number of amides is 1. The predicted molar refractivity (Wildman–Crippen MR) is 84.3 cm³/mol. The molecule has 0 unspecified atom stereocenters. The van der Waals surface area contributed by atoms with Gasteiger partial charge in [-0.25, -0.2) is 0 Å². The van der Waals surface area contributed by atoms with Gasteiger partial charge in [-0.15, -0.1) is 0 Å². The predicted octanol–water partition coefficient (Wildman–Crippen LogP) is 3.28. The van der Waals surface area contributed by atoms with E-state index in [1.165, 1.54) is 0 Å². The Hall–Kier alpha value is -2.07. The van der Waals surface area contributed by atoms with Crippen LogP contribution >= 0.6 is 0 Å². The first-order valence-corrected chi connectivity index (χ1v) is 7.04. The molecule has 2 rings (SSSR count). The van der Waals surface area contributed by atoms with Gasteiger partial charge in [-0.2, -0.15) is 0 Å². The number of carbonyl (C=O) groups excluding carboxylic acids is 1. The van der Waals surface area contributed by atoms with Crippen LogP contribution in [0.3, 0.4) is 0 Å². The molecule has 1 aromatic carbocycles. The fourth-order valence-corrected chi connectivity index (χ4v) is 2.38. The number of hydrogen-bond acceptors (Lipinski definition) is 3. The van der Waals surface area contributed by atoms with Crippen LogP contribution < -0.4 is 5.32 Å². The number of benzene rings is 1. The summed E-state index contributed by atoms with van der Waals surface area (Å²) in [5.74, 6) is 1.73. The molecule has 0 aliphatic rings. The summed E-state index contributed by atoms with van der Waals surface area (Å²) in [5.41, 5.74) is 3.13. The first-order valence-electron chi connectivity index (χ1n) is 7.04. The van der Waals surface area contributed by atoms with Crippen molar-refractivity contribution in [1.29, 1.82) is 0 Å². The van der Waals surface area contributed by atoms with Crippen molar-refractivity contribution in [2.24, 2.45) is 0 Å². The molecule has 1 amide bonds. The first-order chi connectivity index (χ1) is 9.92. The van der Waals surface area contributed by atoms with Crippen LogP contribution in [0.2, 0.25) is 0 Å². The van der Waals surface area contributed by atoms with Gasteiger partial charge in [0.25, 0.3) is 0 Å². The van der Waals surface area contributed by atoms with Crippen LogP contribution in [0.4, 0.5) is 5.69 Å². The maximum atomic E-state index is 12.1. The van der Waals surface area contributed by atoms with E-state index >= 15 is 0 Å². The minimum atomic E-state index is -0.0224. The standard InChI is InChI=1S/C17H22N2O2/c1-12-7-13(2)9-15(8-12)18-17(20)11-19(4)10-16-6-5-14(3)21-16/h5-9H,10-11H2,1-4H3,(H,18,20). The average Bonchev–Trinajstić information content (AvgIpc) is 2.72. The van der Waals surface area contributed by atoms with E-state index < -0.39 is 0 Å². The van der Waals surface area contributed by atoms with E-state index in [1.807, 2.05) is 57.0 Å². The second-order valence-corrected chi connectivity index (χ2v) is 5.61. The molecular weight excluding hydrogens is 264 g/mol. The highest BCUT2D eigenvalue weighted by atomic mass is 16.3. The number of rotatable bonds is 5. The Bertz CT molecular complexity index is 611. The van der Waals surface area contributed by atoms with Gasteiger partial charge in [0.05, 0.1) is 13.1 Å². The second kappa shape index (κ2) is 6.59. The Morgan fingerprint density at radius 1 is 1.14 bits per heavy atom. The summed E-state index contributed by atoms with van der Waals surface area (Å²) in [5, 5.41) is 2.93. The zero-order valence-corrected chi connectivity index (χ0v) is 13.1. The fourth-order valence-electron chi connectivity index (χ4n) is 2.38. The van der Waals surface area contributed by atoms with Gasteiger partial charge in [0.1, 0.15) is 11.5 Å². The number of nitrogens with one attached hydrogen (secondary N) is 1. The summed E-state index contributed by atoms with van der Waals surface area (Å²) in [4.78, 5) is 14.0. The second-order valence-electron chi connectivity index (χ2n) is 5.61. The fraction of sp³-hybridized carbons (Fsp3) is 0.353. The molecule has 0 aliphatic heterocycles. The van der Waals surface area contributed by atoms with E-state index in [-0.39, 0.29) is 5.91 Å².